The van der Waals surface area contributed by atoms with E-state index < -0.39 is 0 Å². The molecule has 0 saturated carbocycles. The highest BCUT2D eigenvalue weighted by molar-refractivity contribution is 6.18. The van der Waals surface area contributed by atoms with Crippen LogP contribution in [0.2, 0.25) is 0 Å². The van der Waals surface area contributed by atoms with Gasteiger partial charge in [-0.15, -0.1) is 0 Å². The minimum absolute atomic E-state index is 0.628. The molecule has 0 aliphatic heterocycles. The van der Waals surface area contributed by atoms with E-state index in [9.17, 15) is 0 Å². The molecule has 0 spiro atoms. The maximum Gasteiger partial charge on any atom is 0.227 e. The fraction of sp³-hybridized carbons (Fsp3) is 0.0217. The van der Waals surface area contributed by atoms with Gasteiger partial charge < -0.3 is 13.7 Å². The number of aryl methyl sites for hydroxylation is 1. The lowest BCUT2D eigenvalue weighted by Crippen LogP contribution is -2.11. The Morgan fingerprint density at radius 1 is 0.480 bits per heavy atom. The predicted octanol–water partition coefficient (Wildman–Crippen LogP) is 13.1. The molecule has 0 aliphatic carbocycles. The van der Waals surface area contributed by atoms with Gasteiger partial charge in [-0.05, 0) is 107 Å². The van der Waals surface area contributed by atoms with E-state index in [1.165, 1.54) is 5.56 Å². The second-order valence-corrected chi connectivity index (χ2v) is 12.8. The number of para-hydroxylation sites is 2. The molecular formula is C46H30N2O2. The van der Waals surface area contributed by atoms with Gasteiger partial charge >= 0.3 is 0 Å². The summed E-state index contributed by atoms with van der Waals surface area (Å²) in [5.41, 5.74) is 11.2. The third-order valence-corrected chi connectivity index (χ3v) is 9.81. The quantitative estimate of drug-likeness (QED) is 0.175. The molecule has 236 valence electrons. The van der Waals surface area contributed by atoms with E-state index in [0.29, 0.717) is 5.89 Å². The zero-order valence-corrected chi connectivity index (χ0v) is 27.3. The lowest BCUT2D eigenvalue weighted by atomic mass is 9.99. The summed E-state index contributed by atoms with van der Waals surface area (Å²) in [5.74, 6) is 0.628. The van der Waals surface area contributed by atoms with Gasteiger partial charge in [-0.25, -0.2) is 4.98 Å². The highest BCUT2D eigenvalue weighted by Crippen LogP contribution is 2.42. The van der Waals surface area contributed by atoms with Crippen molar-refractivity contribution < 1.29 is 8.83 Å². The summed E-state index contributed by atoms with van der Waals surface area (Å²) in [6.45, 7) is 2.17. The molecule has 2 heterocycles. The van der Waals surface area contributed by atoms with Crippen molar-refractivity contribution in [1.29, 1.82) is 0 Å². The number of aromatic nitrogens is 1. The zero-order chi connectivity index (χ0) is 33.2. The molecule has 10 aromatic rings. The van der Waals surface area contributed by atoms with Gasteiger partial charge in [-0.1, -0.05) is 97.1 Å². The van der Waals surface area contributed by atoms with Crippen LogP contribution >= 0.6 is 0 Å². The second kappa shape index (κ2) is 11.2. The summed E-state index contributed by atoms with van der Waals surface area (Å²) >= 11 is 0. The predicted molar refractivity (Wildman–Crippen MR) is 207 cm³/mol. The van der Waals surface area contributed by atoms with Crippen molar-refractivity contribution >= 4 is 71.6 Å². The molecule has 2 aromatic heterocycles. The average molecular weight is 643 g/mol. The molecule has 0 N–H and O–H groups in total. The Hall–Kier alpha value is -6.65. The molecule has 0 unspecified atom stereocenters. The maximum absolute atomic E-state index is 6.53. The van der Waals surface area contributed by atoms with Gasteiger partial charge in [-0.3, -0.25) is 0 Å². The van der Waals surface area contributed by atoms with E-state index >= 15 is 0 Å². The monoisotopic (exact) mass is 642 g/mol. The summed E-state index contributed by atoms with van der Waals surface area (Å²) in [7, 11) is 0. The number of nitrogens with zero attached hydrogens (tertiary/aromatic N) is 2. The van der Waals surface area contributed by atoms with Gasteiger partial charge in [0.05, 0.1) is 0 Å². The molecule has 0 bridgehead atoms. The maximum atomic E-state index is 6.53. The van der Waals surface area contributed by atoms with Crippen LogP contribution in [-0.2, 0) is 0 Å². The lowest BCUT2D eigenvalue weighted by Gasteiger charge is -2.27. The molecule has 10 rings (SSSR count). The number of anilines is 3. The first-order valence-corrected chi connectivity index (χ1v) is 16.9. The van der Waals surface area contributed by atoms with Crippen molar-refractivity contribution in [2.75, 3.05) is 4.90 Å². The fourth-order valence-electron chi connectivity index (χ4n) is 7.30. The minimum Gasteiger partial charge on any atom is -0.456 e. The number of benzene rings is 8. The molecular weight excluding hydrogens is 613 g/mol. The van der Waals surface area contributed by atoms with Crippen LogP contribution in [-0.4, -0.2) is 4.98 Å². The highest BCUT2D eigenvalue weighted by Gasteiger charge is 2.18. The van der Waals surface area contributed by atoms with E-state index in [-0.39, 0.29) is 0 Å². The second-order valence-electron chi connectivity index (χ2n) is 12.8. The van der Waals surface area contributed by atoms with Crippen LogP contribution in [0.3, 0.4) is 0 Å². The Bertz CT molecular complexity index is 2880. The van der Waals surface area contributed by atoms with Crippen LogP contribution in [0.15, 0.2) is 173 Å². The molecule has 8 aromatic carbocycles. The first-order chi connectivity index (χ1) is 24.7. The third kappa shape index (κ3) is 4.57. The average Bonchev–Trinajstić information content (AvgIpc) is 3.78. The Morgan fingerprint density at radius 2 is 1.18 bits per heavy atom. The standard InChI is InChI=1S/C46H30N2O2/c1-29-9-5-7-13-41(29)48(35-22-17-30(18-23-35)34-21-26-43-39(27-34)37-12-6-8-14-42(37)49-43)36-24-19-31-15-16-32-20-25-40-45(44(32)38(31)28-36)50-46(47-40)33-10-3-2-4-11-33/h2-28H,1H3. The Labute approximate surface area is 288 Å². The third-order valence-electron chi connectivity index (χ3n) is 9.81. The van der Waals surface area contributed by atoms with E-state index in [2.05, 4.69) is 133 Å². The lowest BCUT2D eigenvalue weighted by molar-refractivity contribution is 0.623. The van der Waals surface area contributed by atoms with Crippen LogP contribution in [0, 0.1) is 6.92 Å². The van der Waals surface area contributed by atoms with Gasteiger partial charge in [0, 0.05) is 38.8 Å². The van der Waals surface area contributed by atoms with Crippen molar-refractivity contribution in [3.8, 4) is 22.6 Å². The van der Waals surface area contributed by atoms with Crippen molar-refractivity contribution in [3.63, 3.8) is 0 Å². The molecule has 0 saturated heterocycles. The molecule has 50 heavy (non-hydrogen) atoms. The van der Waals surface area contributed by atoms with Crippen LogP contribution < -0.4 is 4.90 Å². The molecule has 0 fully saturated rings. The zero-order valence-electron chi connectivity index (χ0n) is 27.3. The van der Waals surface area contributed by atoms with Crippen LogP contribution in [0.4, 0.5) is 17.1 Å². The number of hydrogen-bond acceptors (Lipinski definition) is 4. The van der Waals surface area contributed by atoms with Crippen molar-refractivity contribution in [2.45, 2.75) is 6.92 Å². The molecule has 4 heteroatoms. The van der Waals surface area contributed by atoms with Gasteiger partial charge in [0.15, 0.2) is 5.58 Å². The number of oxazole rings is 1. The number of hydrogen-bond donors (Lipinski definition) is 0. The van der Waals surface area contributed by atoms with Crippen molar-refractivity contribution in [3.05, 3.63) is 169 Å². The van der Waals surface area contributed by atoms with Gasteiger partial charge in [0.2, 0.25) is 5.89 Å². The molecule has 4 nitrogen and oxygen atoms in total. The summed E-state index contributed by atoms with van der Waals surface area (Å²) in [6.07, 6.45) is 0. The first-order valence-electron chi connectivity index (χ1n) is 16.9. The molecule has 0 radical (unpaired) electrons. The normalized spacial score (nSPS) is 11.7. The largest absolute Gasteiger partial charge is 0.456 e. The Kier molecular flexibility index (Phi) is 6.36. The van der Waals surface area contributed by atoms with Crippen LogP contribution in [0.25, 0.3) is 77.2 Å². The topological polar surface area (TPSA) is 42.4 Å². The van der Waals surface area contributed by atoms with Crippen LogP contribution in [0.5, 0.6) is 0 Å². The smallest absolute Gasteiger partial charge is 0.227 e. The number of furan rings is 1. The Morgan fingerprint density at radius 3 is 2.06 bits per heavy atom. The first kappa shape index (κ1) is 28.4. The number of fused-ring (bicyclic) bond motifs is 8. The summed E-state index contributed by atoms with van der Waals surface area (Å²) in [4.78, 5) is 7.23. The number of rotatable bonds is 5. The van der Waals surface area contributed by atoms with Crippen molar-refractivity contribution in [2.24, 2.45) is 0 Å². The summed E-state index contributed by atoms with van der Waals surface area (Å²) < 4.78 is 12.6. The van der Waals surface area contributed by atoms with Gasteiger partial charge in [0.25, 0.3) is 0 Å². The summed E-state index contributed by atoms with van der Waals surface area (Å²) in [5, 5.41) is 6.72. The van der Waals surface area contributed by atoms with E-state index in [1.807, 2.05) is 42.5 Å². The van der Waals surface area contributed by atoms with Gasteiger partial charge in [-0.2, -0.15) is 0 Å². The molecule has 0 atom stereocenters. The fourth-order valence-corrected chi connectivity index (χ4v) is 7.30. The van der Waals surface area contributed by atoms with E-state index in [4.69, 9.17) is 13.8 Å². The van der Waals surface area contributed by atoms with Crippen molar-refractivity contribution in [1.82, 2.24) is 4.98 Å². The van der Waals surface area contributed by atoms with Crippen LogP contribution in [0.1, 0.15) is 5.56 Å². The molecule has 0 amide bonds. The molecule has 0 aliphatic rings. The SMILES string of the molecule is Cc1ccccc1N(c1ccc(-c2ccc3oc4ccccc4c3c2)cc1)c1ccc2ccc3ccc4nc(-c5ccccc5)oc4c3c2c1. The minimum atomic E-state index is 0.628. The summed E-state index contributed by atoms with van der Waals surface area (Å²) in [6, 6.07) is 57.4. The van der Waals surface area contributed by atoms with E-state index in [0.717, 1.165) is 88.3 Å². The highest BCUT2D eigenvalue weighted by atomic mass is 16.3. The van der Waals surface area contributed by atoms with Gasteiger partial charge in [0.1, 0.15) is 16.7 Å². The van der Waals surface area contributed by atoms with E-state index in [1.54, 1.807) is 0 Å². The Balaban J connectivity index is 1.12.